The number of hydrogen-bond acceptors (Lipinski definition) is 4. The monoisotopic (exact) mass is 391 g/mol. The molecule has 0 spiro atoms. The number of benzene rings is 2. The van der Waals surface area contributed by atoms with Crippen LogP contribution in [0.2, 0.25) is 0 Å². The zero-order valence-electron chi connectivity index (χ0n) is 16.0. The quantitative estimate of drug-likeness (QED) is 0.739. The lowest BCUT2D eigenvalue weighted by molar-refractivity contribution is -0.0233. The number of morpholine rings is 1. The molecule has 1 fully saturated rings. The van der Waals surface area contributed by atoms with Gasteiger partial charge in [-0.15, -0.1) is 0 Å². The fraction of sp³-hybridized carbons (Fsp3) is 0.227. The average molecular weight is 391 g/mol. The summed E-state index contributed by atoms with van der Waals surface area (Å²) in [6, 6.07) is 18.3. The molecule has 1 aliphatic heterocycles. The number of para-hydroxylation sites is 1. The zero-order valence-corrected chi connectivity index (χ0v) is 16.0. The molecule has 1 amide bonds. The summed E-state index contributed by atoms with van der Waals surface area (Å²) in [5.41, 5.74) is 2.84. The molecular formula is C22H21N3O4. The van der Waals surface area contributed by atoms with Gasteiger partial charge >= 0.3 is 5.97 Å². The summed E-state index contributed by atoms with van der Waals surface area (Å²) >= 11 is 0. The van der Waals surface area contributed by atoms with Gasteiger partial charge in [0.1, 0.15) is 11.8 Å². The second-order valence-corrected chi connectivity index (χ2v) is 6.93. The molecule has 2 aromatic carbocycles. The fourth-order valence-electron chi connectivity index (χ4n) is 3.54. The van der Waals surface area contributed by atoms with Crippen molar-refractivity contribution < 1.29 is 19.4 Å². The first kappa shape index (κ1) is 18.9. The van der Waals surface area contributed by atoms with Gasteiger partial charge < -0.3 is 14.7 Å². The van der Waals surface area contributed by atoms with Gasteiger partial charge in [-0.1, -0.05) is 42.5 Å². The number of aryl methyl sites for hydroxylation is 1. The molecule has 1 aromatic heterocycles. The van der Waals surface area contributed by atoms with Gasteiger partial charge in [-0.3, -0.25) is 4.79 Å². The summed E-state index contributed by atoms with van der Waals surface area (Å²) in [4.78, 5) is 26.5. The third kappa shape index (κ3) is 3.77. The molecule has 0 aliphatic carbocycles. The van der Waals surface area contributed by atoms with Crippen molar-refractivity contribution in [3.05, 3.63) is 83.2 Å². The molecule has 0 bridgehead atoms. The predicted molar refractivity (Wildman–Crippen MR) is 106 cm³/mol. The van der Waals surface area contributed by atoms with Gasteiger partial charge in [0, 0.05) is 12.6 Å². The molecule has 7 nitrogen and oxygen atoms in total. The lowest BCUT2D eigenvalue weighted by Gasteiger charge is -2.33. The molecule has 1 atom stereocenters. The number of aromatic nitrogens is 2. The Labute approximate surface area is 168 Å². The van der Waals surface area contributed by atoms with Gasteiger partial charge in [0.2, 0.25) is 0 Å². The third-order valence-electron chi connectivity index (χ3n) is 5.04. The van der Waals surface area contributed by atoms with E-state index in [1.54, 1.807) is 17.0 Å². The standard InChI is InChI=1S/C22H21N3O4/c1-15-7-5-6-10-17(15)20-14-24(11-12-29-20)21(26)19-13-18(22(27)28)23-25(19)16-8-3-2-4-9-16/h2-10,13,20H,11-12,14H2,1H3,(H,27,28)/t20-/m1/s1. The molecule has 1 saturated heterocycles. The van der Waals surface area contributed by atoms with E-state index in [0.29, 0.717) is 25.4 Å². The Kier molecular flexibility index (Phi) is 5.14. The fourth-order valence-corrected chi connectivity index (χ4v) is 3.54. The smallest absolute Gasteiger partial charge is 0.356 e. The topological polar surface area (TPSA) is 84.7 Å². The van der Waals surface area contributed by atoms with Crippen molar-refractivity contribution in [1.82, 2.24) is 14.7 Å². The minimum absolute atomic E-state index is 0.166. The van der Waals surface area contributed by atoms with E-state index in [4.69, 9.17) is 4.74 Å². The molecule has 0 unspecified atom stereocenters. The predicted octanol–water partition coefficient (Wildman–Crippen LogP) is 3.09. The summed E-state index contributed by atoms with van der Waals surface area (Å²) in [5, 5.41) is 13.5. The van der Waals surface area contributed by atoms with Crippen molar-refractivity contribution in [3.63, 3.8) is 0 Å². The molecule has 4 rings (SSSR count). The summed E-state index contributed by atoms with van der Waals surface area (Å²) in [7, 11) is 0. The van der Waals surface area contributed by atoms with E-state index in [0.717, 1.165) is 11.1 Å². The highest BCUT2D eigenvalue weighted by Gasteiger charge is 2.30. The Bertz CT molecular complexity index is 1050. The second kappa shape index (κ2) is 7.89. The lowest BCUT2D eigenvalue weighted by atomic mass is 10.0. The molecule has 2 heterocycles. The highest BCUT2D eigenvalue weighted by Crippen LogP contribution is 2.26. The molecule has 0 saturated carbocycles. The number of rotatable bonds is 4. The van der Waals surface area contributed by atoms with E-state index in [2.05, 4.69) is 5.10 Å². The normalized spacial score (nSPS) is 16.6. The van der Waals surface area contributed by atoms with Crippen molar-refractivity contribution in [2.45, 2.75) is 13.0 Å². The number of hydrogen-bond donors (Lipinski definition) is 1. The van der Waals surface area contributed by atoms with Crippen LogP contribution in [-0.4, -0.2) is 51.4 Å². The number of carboxylic acids is 1. The second-order valence-electron chi connectivity index (χ2n) is 6.93. The van der Waals surface area contributed by atoms with Crippen molar-refractivity contribution in [1.29, 1.82) is 0 Å². The highest BCUT2D eigenvalue weighted by molar-refractivity contribution is 5.96. The van der Waals surface area contributed by atoms with Crippen LogP contribution in [0.4, 0.5) is 0 Å². The first-order valence-corrected chi connectivity index (χ1v) is 9.40. The van der Waals surface area contributed by atoms with Crippen LogP contribution in [0.1, 0.15) is 38.2 Å². The Morgan fingerprint density at radius 1 is 1.10 bits per heavy atom. The summed E-state index contributed by atoms with van der Waals surface area (Å²) in [6.07, 6.45) is -0.221. The van der Waals surface area contributed by atoms with Gasteiger partial charge in [0.25, 0.3) is 5.91 Å². The number of aromatic carboxylic acids is 1. The van der Waals surface area contributed by atoms with E-state index in [1.165, 1.54) is 10.7 Å². The Morgan fingerprint density at radius 3 is 2.55 bits per heavy atom. The molecule has 1 N–H and O–H groups in total. The minimum Gasteiger partial charge on any atom is -0.476 e. The maximum atomic E-state index is 13.3. The van der Waals surface area contributed by atoms with Crippen LogP contribution in [0.3, 0.4) is 0 Å². The summed E-state index contributed by atoms with van der Waals surface area (Å²) in [6.45, 7) is 3.26. The molecule has 29 heavy (non-hydrogen) atoms. The van der Waals surface area contributed by atoms with Crippen LogP contribution in [0.25, 0.3) is 5.69 Å². The van der Waals surface area contributed by atoms with Gasteiger partial charge in [-0.2, -0.15) is 5.10 Å². The van der Waals surface area contributed by atoms with E-state index in [-0.39, 0.29) is 23.4 Å². The van der Waals surface area contributed by atoms with Crippen molar-refractivity contribution >= 4 is 11.9 Å². The number of carbonyl (C=O) groups excluding carboxylic acids is 1. The number of ether oxygens (including phenoxy) is 1. The van der Waals surface area contributed by atoms with Crippen LogP contribution in [-0.2, 0) is 4.74 Å². The third-order valence-corrected chi connectivity index (χ3v) is 5.04. The van der Waals surface area contributed by atoms with Gasteiger partial charge in [0.05, 0.1) is 18.8 Å². The maximum Gasteiger partial charge on any atom is 0.356 e. The highest BCUT2D eigenvalue weighted by atomic mass is 16.5. The van der Waals surface area contributed by atoms with E-state index in [9.17, 15) is 14.7 Å². The van der Waals surface area contributed by atoms with Crippen LogP contribution >= 0.6 is 0 Å². The van der Waals surface area contributed by atoms with E-state index in [1.807, 2.05) is 49.4 Å². The summed E-state index contributed by atoms with van der Waals surface area (Å²) < 4.78 is 7.30. The van der Waals surface area contributed by atoms with Crippen molar-refractivity contribution in [2.24, 2.45) is 0 Å². The maximum absolute atomic E-state index is 13.3. The van der Waals surface area contributed by atoms with Gasteiger partial charge in [-0.05, 0) is 30.2 Å². The van der Waals surface area contributed by atoms with Crippen LogP contribution in [0.15, 0.2) is 60.7 Å². The van der Waals surface area contributed by atoms with Crippen molar-refractivity contribution in [3.8, 4) is 5.69 Å². The molecule has 1 aliphatic rings. The number of carbonyl (C=O) groups is 2. The zero-order chi connectivity index (χ0) is 20.4. The summed E-state index contributed by atoms with van der Waals surface area (Å²) in [5.74, 6) is -1.44. The first-order chi connectivity index (χ1) is 14.0. The molecule has 148 valence electrons. The van der Waals surface area contributed by atoms with Crippen LogP contribution in [0.5, 0.6) is 0 Å². The SMILES string of the molecule is Cc1ccccc1[C@H]1CN(C(=O)c2cc(C(=O)O)nn2-c2ccccc2)CCO1. The molecule has 3 aromatic rings. The Morgan fingerprint density at radius 2 is 1.83 bits per heavy atom. The number of carboxylic acid groups (broad SMARTS) is 1. The number of amides is 1. The Hall–Kier alpha value is -3.45. The van der Waals surface area contributed by atoms with Gasteiger partial charge in [0.15, 0.2) is 5.69 Å². The van der Waals surface area contributed by atoms with Crippen molar-refractivity contribution in [2.75, 3.05) is 19.7 Å². The van der Waals surface area contributed by atoms with Crippen LogP contribution < -0.4 is 0 Å². The minimum atomic E-state index is -1.17. The molecule has 7 heteroatoms. The van der Waals surface area contributed by atoms with Gasteiger partial charge in [-0.25, -0.2) is 9.48 Å². The lowest BCUT2D eigenvalue weighted by Crippen LogP contribution is -2.43. The van der Waals surface area contributed by atoms with Crippen LogP contribution in [0, 0.1) is 6.92 Å². The average Bonchev–Trinajstić information content (AvgIpc) is 3.20. The number of nitrogens with zero attached hydrogens (tertiary/aromatic N) is 3. The first-order valence-electron chi connectivity index (χ1n) is 9.40. The largest absolute Gasteiger partial charge is 0.476 e. The van der Waals surface area contributed by atoms with E-state index >= 15 is 0 Å². The molecular weight excluding hydrogens is 370 g/mol. The van der Waals surface area contributed by atoms with E-state index < -0.39 is 5.97 Å². The molecule has 0 radical (unpaired) electrons. The Balaban J connectivity index is 1.65.